The lowest BCUT2D eigenvalue weighted by Crippen LogP contribution is -2.56. The molecule has 9 nitrogen and oxygen atoms in total. The van der Waals surface area contributed by atoms with Crippen LogP contribution in [0.2, 0.25) is 0 Å². The van der Waals surface area contributed by atoms with Crippen LogP contribution in [0.25, 0.3) is 0 Å². The molecule has 3 aliphatic rings. The average molecular weight is 484 g/mol. The van der Waals surface area contributed by atoms with Gasteiger partial charge in [-0.1, -0.05) is 0 Å². The van der Waals surface area contributed by atoms with E-state index >= 15 is 0 Å². The van der Waals surface area contributed by atoms with Gasteiger partial charge in [-0.25, -0.2) is 9.48 Å². The van der Waals surface area contributed by atoms with Gasteiger partial charge >= 0.3 is 18.4 Å². The van der Waals surface area contributed by atoms with E-state index < -0.39 is 30.1 Å². The summed E-state index contributed by atoms with van der Waals surface area (Å²) < 4.78 is 81.6. The summed E-state index contributed by atoms with van der Waals surface area (Å²) >= 11 is 0. The van der Waals surface area contributed by atoms with Gasteiger partial charge in [0.2, 0.25) is 11.8 Å². The van der Waals surface area contributed by atoms with Gasteiger partial charge in [0.15, 0.2) is 0 Å². The number of carbonyl (C=O) groups excluding carboxylic acids is 2. The minimum Gasteiger partial charge on any atom is -0.426 e. The minimum atomic E-state index is -5.77. The Morgan fingerprint density at radius 2 is 1.64 bits per heavy atom. The first kappa shape index (κ1) is 23.4. The van der Waals surface area contributed by atoms with E-state index in [-0.39, 0.29) is 37.7 Å². The SMILES string of the molecule is O=C(OC(C(F)(F)F)C(F)(F)F)N1CCC2(CCCN2C(=O)c2nc3n(n2)CCCN3)CC1. The Bertz CT molecular complexity index is 871. The number of ether oxygens (including phenoxy) is 1. The summed E-state index contributed by atoms with van der Waals surface area (Å²) in [6.07, 6.45) is -14.9. The standard InChI is InChI=1S/C18H22F6N6O3/c19-17(20,21)13(18(22,23)24)33-15(32)28-9-4-16(5-10-28)3-1-7-29(16)12(31)11-26-14-25-6-2-8-30(14)27-11/h13H,1-10H2,(H,25,26,27). The van der Waals surface area contributed by atoms with Gasteiger partial charge < -0.3 is 19.9 Å². The highest BCUT2D eigenvalue weighted by molar-refractivity contribution is 5.91. The molecule has 0 unspecified atom stereocenters. The van der Waals surface area contributed by atoms with E-state index in [2.05, 4.69) is 20.1 Å². The lowest BCUT2D eigenvalue weighted by Gasteiger charge is -2.44. The number of nitrogens with one attached hydrogen (secondary N) is 1. The van der Waals surface area contributed by atoms with Gasteiger partial charge in [0.25, 0.3) is 12.0 Å². The minimum absolute atomic E-state index is 0.0284. The summed E-state index contributed by atoms with van der Waals surface area (Å²) in [7, 11) is 0. The lowest BCUT2D eigenvalue weighted by molar-refractivity contribution is -0.308. The van der Waals surface area contributed by atoms with Crippen molar-refractivity contribution < 1.29 is 40.7 Å². The fourth-order valence-corrected chi connectivity index (χ4v) is 4.64. The summed E-state index contributed by atoms with van der Waals surface area (Å²) in [6.45, 7) is 1.49. The summed E-state index contributed by atoms with van der Waals surface area (Å²) in [6, 6.07) is 0. The number of aromatic nitrogens is 3. The van der Waals surface area contributed by atoms with Crippen LogP contribution in [0.1, 0.15) is 42.7 Å². The second-order valence-corrected chi connectivity index (χ2v) is 8.38. The van der Waals surface area contributed by atoms with Crippen molar-refractivity contribution in [2.45, 2.75) is 62.6 Å². The average Bonchev–Trinajstić information content (AvgIpc) is 3.34. The van der Waals surface area contributed by atoms with E-state index in [0.717, 1.165) is 17.9 Å². The molecule has 2 fully saturated rings. The number of halogens is 6. The summed E-state index contributed by atoms with van der Waals surface area (Å²) in [5.41, 5.74) is -0.666. The van der Waals surface area contributed by atoms with Crippen molar-refractivity contribution in [3.8, 4) is 0 Å². The van der Waals surface area contributed by atoms with Gasteiger partial charge in [0.1, 0.15) is 0 Å². The molecule has 184 valence electrons. The van der Waals surface area contributed by atoms with Crippen LogP contribution in [0.3, 0.4) is 0 Å². The molecule has 3 aliphatic heterocycles. The predicted molar refractivity (Wildman–Crippen MR) is 99.3 cm³/mol. The third kappa shape index (κ3) is 4.53. The number of hydrogen-bond donors (Lipinski definition) is 1. The van der Waals surface area contributed by atoms with E-state index in [1.54, 1.807) is 9.58 Å². The zero-order chi connectivity index (χ0) is 24.0. The first-order valence-electron chi connectivity index (χ1n) is 10.5. The molecular weight excluding hydrogens is 462 g/mol. The second-order valence-electron chi connectivity index (χ2n) is 8.38. The second kappa shape index (κ2) is 8.24. The van der Waals surface area contributed by atoms with Crippen molar-refractivity contribution in [1.82, 2.24) is 24.6 Å². The molecule has 1 aromatic rings. The third-order valence-corrected chi connectivity index (χ3v) is 6.30. The number of likely N-dealkylation sites (tertiary alicyclic amines) is 2. The van der Waals surface area contributed by atoms with Gasteiger partial charge in [-0.15, -0.1) is 5.10 Å². The largest absolute Gasteiger partial charge is 0.434 e. The molecule has 0 aromatic carbocycles. The van der Waals surface area contributed by atoms with Crippen LogP contribution in [0, 0.1) is 0 Å². The number of piperidine rings is 1. The molecule has 0 aliphatic carbocycles. The van der Waals surface area contributed by atoms with Gasteiger partial charge in [-0.3, -0.25) is 4.79 Å². The van der Waals surface area contributed by atoms with Crippen molar-refractivity contribution in [3.63, 3.8) is 0 Å². The number of amides is 2. The van der Waals surface area contributed by atoms with E-state index in [1.807, 2.05) is 0 Å². The number of alkyl halides is 6. The van der Waals surface area contributed by atoms with Crippen molar-refractivity contribution in [2.75, 3.05) is 31.5 Å². The van der Waals surface area contributed by atoms with E-state index in [1.165, 1.54) is 0 Å². The molecule has 33 heavy (non-hydrogen) atoms. The normalized spacial score (nSPS) is 20.7. The number of rotatable bonds is 2. The summed E-state index contributed by atoms with van der Waals surface area (Å²) in [5.74, 6) is 0.140. The van der Waals surface area contributed by atoms with E-state index in [9.17, 15) is 35.9 Å². The van der Waals surface area contributed by atoms with Gasteiger partial charge in [0.05, 0.1) is 0 Å². The molecule has 0 bridgehead atoms. The molecule has 4 rings (SSSR count). The van der Waals surface area contributed by atoms with E-state index in [0.29, 0.717) is 31.9 Å². The fourth-order valence-electron chi connectivity index (χ4n) is 4.64. The maximum Gasteiger partial charge on any atom is 0.434 e. The van der Waals surface area contributed by atoms with Crippen LogP contribution in [0.5, 0.6) is 0 Å². The zero-order valence-electron chi connectivity index (χ0n) is 17.4. The highest BCUT2D eigenvalue weighted by Crippen LogP contribution is 2.40. The molecule has 0 saturated carbocycles. The topological polar surface area (TPSA) is 92.6 Å². The Hall–Kier alpha value is -2.74. The Labute approximate surface area is 184 Å². The molecule has 0 atom stereocenters. The number of aryl methyl sites for hydroxylation is 1. The Morgan fingerprint density at radius 3 is 2.24 bits per heavy atom. The Balaban J connectivity index is 1.42. The third-order valence-electron chi connectivity index (χ3n) is 6.30. The van der Waals surface area contributed by atoms with Crippen LogP contribution in [0.15, 0.2) is 0 Å². The maximum absolute atomic E-state index is 13.1. The summed E-state index contributed by atoms with van der Waals surface area (Å²) in [5, 5.41) is 7.30. The monoisotopic (exact) mass is 484 g/mol. The first-order chi connectivity index (χ1) is 15.4. The first-order valence-corrected chi connectivity index (χ1v) is 10.5. The highest BCUT2D eigenvalue weighted by atomic mass is 19.4. The molecule has 1 aromatic heterocycles. The van der Waals surface area contributed by atoms with Crippen LogP contribution in [-0.2, 0) is 11.3 Å². The molecule has 2 amide bonds. The number of nitrogens with zero attached hydrogens (tertiary/aromatic N) is 5. The predicted octanol–water partition coefficient (Wildman–Crippen LogP) is 2.79. The lowest BCUT2D eigenvalue weighted by atomic mass is 9.85. The molecule has 4 heterocycles. The van der Waals surface area contributed by atoms with Crippen molar-refractivity contribution in [2.24, 2.45) is 0 Å². The van der Waals surface area contributed by atoms with Crippen molar-refractivity contribution in [3.05, 3.63) is 5.82 Å². The molecule has 1 spiro atoms. The molecule has 2 saturated heterocycles. The van der Waals surface area contributed by atoms with Gasteiger partial charge in [-0.2, -0.15) is 31.3 Å². The van der Waals surface area contributed by atoms with Crippen LogP contribution in [-0.4, -0.2) is 86.7 Å². The highest BCUT2D eigenvalue weighted by Gasteiger charge is 2.60. The number of fused-ring (bicyclic) bond motifs is 1. The van der Waals surface area contributed by atoms with Gasteiger partial charge in [0, 0.05) is 38.3 Å². The maximum atomic E-state index is 13.1. The van der Waals surface area contributed by atoms with Crippen molar-refractivity contribution in [1.29, 1.82) is 0 Å². The van der Waals surface area contributed by atoms with E-state index in [4.69, 9.17) is 0 Å². The Morgan fingerprint density at radius 1 is 0.970 bits per heavy atom. The van der Waals surface area contributed by atoms with Crippen LogP contribution < -0.4 is 5.32 Å². The molecule has 0 radical (unpaired) electrons. The van der Waals surface area contributed by atoms with Gasteiger partial charge in [-0.05, 0) is 32.1 Å². The molecule has 15 heteroatoms. The van der Waals surface area contributed by atoms with Crippen LogP contribution >= 0.6 is 0 Å². The number of anilines is 1. The zero-order valence-corrected chi connectivity index (χ0v) is 17.4. The molecular formula is C18H22F6N6O3. The van der Waals surface area contributed by atoms with Crippen LogP contribution in [0.4, 0.5) is 37.1 Å². The van der Waals surface area contributed by atoms with Crippen molar-refractivity contribution >= 4 is 17.9 Å². The summed E-state index contributed by atoms with van der Waals surface area (Å²) in [4.78, 5) is 31.8. The smallest absolute Gasteiger partial charge is 0.426 e. The molecule has 1 N–H and O–H groups in total. The number of hydrogen-bond acceptors (Lipinski definition) is 6. The quantitative estimate of drug-likeness (QED) is 0.650. The fraction of sp³-hybridized carbons (Fsp3) is 0.778. The Kier molecular flexibility index (Phi) is 5.85. The number of carbonyl (C=O) groups is 2.